The summed E-state index contributed by atoms with van der Waals surface area (Å²) in [4.78, 5) is 30.0. The van der Waals surface area contributed by atoms with Crippen LogP contribution in [0, 0.1) is 0 Å². The molecule has 0 aliphatic carbocycles. The van der Waals surface area contributed by atoms with Gasteiger partial charge in [0.05, 0.1) is 34.2 Å². The second-order valence-electron chi connectivity index (χ2n) is 5.73. The monoisotopic (exact) mass is 438 g/mol. The molecule has 0 N–H and O–H groups in total. The maximum Gasteiger partial charge on any atom is 0.326 e. The summed E-state index contributed by atoms with van der Waals surface area (Å²) in [7, 11) is 0. The lowest BCUT2D eigenvalue weighted by atomic mass is 10.3. The number of ether oxygens (including phenoxy) is 2. The molecule has 2 heterocycles. The van der Waals surface area contributed by atoms with Gasteiger partial charge in [0, 0.05) is 4.88 Å². The zero-order valence-electron chi connectivity index (χ0n) is 15.4. The molecule has 0 spiro atoms. The largest absolute Gasteiger partial charge is 0.494 e. The Bertz CT molecular complexity index is 1070. The summed E-state index contributed by atoms with van der Waals surface area (Å²) >= 11 is 8.61. The van der Waals surface area contributed by atoms with E-state index in [9.17, 15) is 9.59 Å². The van der Waals surface area contributed by atoms with Crippen LogP contribution in [0.25, 0.3) is 10.2 Å². The molecule has 0 unspecified atom stereocenters. The Labute approximate surface area is 175 Å². The maximum atomic E-state index is 12.5. The summed E-state index contributed by atoms with van der Waals surface area (Å²) in [5.74, 6) is 0.0494. The molecule has 3 aromatic rings. The van der Waals surface area contributed by atoms with Gasteiger partial charge in [-0.2, -0.15) is 4.99 Å². The fraction of sp³-hybridized carbons (Fsp3) is 0.316. The van der Waals surface area contributed by atoms with Crippen LogP contribution < -0.4 is 9.54 Å². The highest BCUT2D eigenvalue weighted by atomic mass is 35.5. The zero-order valence-corrected chi connectivity index (χ0v) is 17.8. The first kappa shape index (κ1) is 20.6. The van der Waals surface area contributed by atoms with Crippen molar-refractivity contribution in [2.24, 2.45) is 4.99 Å². The van der Waals surface area contributed by atoms with Crippen LogP contribution in [0.5, 0.6) is 5.75 Å². The fourth-order valence-corrected chi connectivity index (χ4v) is 4.78. The molecule has 1 aromatic carbocycles. The number of thiophene rings is 1. The lowest BCUT2D eigenvalue weighted by Crippen LogP contribution is -2.23. The Morgan fingerprint density at radius 2 is 1.96 bits per heavy atom. The van der Waals surface area contributed by atoms with Crippen LogP contribution in [0.2, 0.25) is 4.34 Å². The summed E-state index contributed by atoms with van der Waals surface area (Å²) < 4.78 is 13.8. The average molecular weight is 439 g/mol. The number of benzene rings is 1. The lowest BCUT2D eigenvalue weighted by Gasteiger charge is -2.06. The van der Waals surface area contributed by atoms with Crippen molar-refractivity contribution in [2.75, 3.05) is 13.2 Å². The van der Waals surface area contributed by atoms with E-state index in [4.69, 9.17) is 21.1 Å². The molecular weight excluding hydrogens is 420 g/mol. The van der Waals surface area contributed by atoms with Gasteiger partial charge in [-0.1, -0.05) is 22.9 Å². The number of aromatic nitrogens is 1. The predicted octanol–water partition coefficient (Wildman–Crippen LogP) is 4.05. The molecule has 1 amide bonds. The second-order valence-corrected chi connectivity index (χ2v) is 8.54. The van der Waals surface area contributed by atoms with Gasteiger partial charge in [-0.05, 0) is 44.2 Å². The van der Waals surface area contributed by atoms with Crippen molar-refractivity contribution in [3.63, 3.8) is 0 Å². The molecule has 0 saturated carbocycles. The second kappa shape index (κ2) is 9.36. The first-order chi connectivity index (χ1) is 13.5. The predicted molar refractivity (Wildman–Crippen MR) is 111 cm³/mol. The smallest absolute Gasteiger partial charge is 0.326 e. The van der Waals surface area contributed by atoms with Crippen molar-refractivity contribution in [3.05, 3.63) is 44.3 Å². The van der Waals surface area contributed by atoms with E-state index in [-0.39, 0.29) is 24.8 Å². The Balaban J connectivity index is 1.99. The van der Waals surface area contributed by atoms with E-state index in [1.807, 2.05) is 31.2 Å². The normalized spacial score (nSPS) is 11.8. The first-order valence-electron chi connectivity index (χ1n) is 8.73. The molecule has 6 nitrogen and oxygen atoms in total. The topological polar surface area (TPSA) is 69.9 Å². The Kier molecular flexibility index (Phi) is 6.88. The zero-order chi connectivity index (χ0) is 20.1. The van der Waals surface area contributed by atoms with Crippen LogP contribution in [-0.2, 0) is 27.3 Å². The van der Waals surface area contributed by atoms with Crippen LogP contribution in [0.15, 0.2) is 35.3 Å². The summed E-state index contributed by atoms with van der Waals surface area (Å²) in [6.45, 7) is 4.50. The summed E-state index contributed by atoms with van der Waals surface area (Å²) in [5.41, 5.74) is 0.798. The van der Waals surface area contributed by atoms with Crippen molar-refractivity contribution in [1.82, 2.24) is 4.57 Å². The number of carbonyl (C=O) groups excluding carboxylic acids is 2. The molecule has 28 heavy (non-hydrogen) atoms. The highest BCUT2D eigenvalue weighted by Gasteiger charge is 2.13. The van der Waals surface area contributed by atoms with Gasteiger partial charge in [-0.25, -0.2) is 0 Å². The fourth-order valence-electron chi connectivity index (χ4n) is 2.63. The van der Waals surface area contributed by atoms with Crippen LogP contribution in [0.1, 0.15) is 18.7 Å². The Morgan fingerprint density at radius 3 is 2.64 bits per heavy atom. The molecule has 3 rings (SSSR count). The van der Waals surface area contributed by atoms with Gasteiger partial charge >= 0.3 is 5.97 Å². The van der Waals surface area contributed by atoms with Crippen LogP contribution in [-0.4, -0.2) is 29.7 Å². The van der Waals surface area contributed by atoms with Gasteiger partial charge in [0.25, 0.3) is 5.91 Å². The third-order valence-corrected chi connectivity index (χ3v) is 6.00. The molecule has 0 aliphatic heterocycles. The van der Waals surface area contributed by atoms with E-state index in [0.29, 0.717) is 22.4 Å². The molecule has 0 fully saturated rings. The molecular formula is C19H19ClN2O4S2. The average Bonchev–Trinajstić information content (AvgIpc) is 3.19. The standard InChI is InChI=1S/C19H19ClN2O4S2/c1-3-25-12-5-7-14-15(9-12)28-19(22(14)11-18(24)26-4-2)21-17(23)10-13-6-8-16(20)27-13/h5-9H,3-4,10-11H2,1-2H3. The number of hydrogen-bond donors (Lipinski definition) is 0. The van der Waals surface area contributed by atoms with Crippen molar-refractivity contribution in [1.29, 1.82) is 0 Å². The van der Waals surface area contributed by atoms with Gasteiger partial charge in [0.2, 0.25) is 0 Å². The number of fused-ring (bicyclic) bond motifs is 1. The molecule has 0 radical (unpaired) electrons. The number of esters is 1. The molecule has 148 valence electrons. The number of hydrogen-bond acceptors (Lipinski definition) is 6. The minimum absolute atomic E-state index is 0.0151. The minimum Gasteiger partial charge on any atom is -0.494 e. The number of halogens is 1. The van der Waals surface area contributed by atoms with E-state index >= 15 is 0 Å². The van der Waals surface area contributed by atoms with Crippen molar-refractivity contribution in [3.8, 4) is 5.75 Å². The molecule has 2 aromatic heterocycles. The molecule has 0 saturated heterocycles. The Morgan fingerprint density at radius 1 is 1.14 bits per heavy atom. The summed E-state index contributed by atoms with van der Waals surface area (Å²) in [5, 5.41) is 0. The number of nitrogens with zero attached hydrogens (tertiary/aromatic N) is 2. The molecule has 9 heteroatoms. The number of thiazole rings is 1. The number of carbonyl (C=O) groups is 2. The number of rotatable bonds is 7. The quantitative estimate of drug-likeness (QED) is 0.522. The van der Waals surface area contributed by atoms with Crippen molar-refractivity contribution in [2.45, 2.75) is 26.8 Å². The van der Waals surface area contributed by atoms with Gasteiger partial charge in [0.15, 0.2) is 4.80 Å². The van der Waals surface area contributed by atoms with E-state index < -0.39 is 0 Å². The van der Waals surface area contributed by atoms with Gasteiger partial charge in [0.1, 0.15) is 12.3 Å². The van der Waals surface area contributed by atoms with Gasteiger partial charge in [-0.3, -0.25) is 9.59 Å². The first-order valence-corrected chi connectivity index (χ1v) is 10.7. The molecule has 0 bridgehead atoms. The van der Waals surface area contributed by atoms with E-state index in [1.54, 1.807) is 17.6 Å². The third-order valence-electron chi connectivity index (χ3n) is 3.73. The Hall–Kier alpha value is -2.16. The van der Waals surface area contributed by atoms with Crippen LogP contribution >= 0.6 is 34.3 Å². The SMILES string of the molecule is CCOC(=O)Cn1c(=NC(=O)Cc2ccc(Cl)s2)sc2cc(OCC)ccc21. The van der Waals surface area contributed by atoms with Gasteiger partial charge in [-0.15, -0.1) is 11.3 Å². The number of amides is 1. The molecule has 0 aliphatic rings. The summed E-state index contributed by atoms with van der Waals surface area (Å²) in [6.07, 6.45) is 0.162. The highest BCUT2D eigenvalue weighted by Crippen LogP contribution is 2.24. The van der Waals surface area contributed by atoms with E-state index in [2.05, 4.69) is 4.99 Å². The van der Waals surface area contributed by atoms with Gasteiger partial charge < -0.3 is 14.0 Å². The third kappa shape index (κ3) is 5.01. The minimum atomic E-state index is -0.380. The lowest BCUT2D eigenvalue weighted by molar-refractivity contribution is -0.143. The highest BCUT2D eigenvalue weighted by molar-refractivity contribution is 7.16. The van der Waals surface area contributed by atoms with E-state index in [1.165, 1.54) is 22.7 Å². The van der Waals surface area contributed by atoms with Crippen molar-refractivity contribution >= 4 is 56.4 Å². The van der Waals surface area contributed by atoms with Crippen molar-refractivity contribution < 1.29 is 19.1 Å². The van der Waals surface area contributed by atoms with Crippen LogP contribution in [0.3, 0.4) is 0 Å². The summed E-state index contributed by atoms with van der Waals surface area (Å²) in [6, 6.07) is 9.14. The van der Waals surface area contributed by atoms with Crippen LogP contribution in [0.4, 0.5) is 0 Å². The molecule has 0 atom stereocenters. The maximum absolute atomic E-state index is 12.5. The van der Waals surface area contributed by atoms with E-state index in [0.717, 1.165) is 20.8 Å².